The lowest BCUT2D eigenvalue weighted by Crippen LogP contribution is -2.28. The third-order valence-electron chi connectivity index (χ3n) is 2.10. The summed E-state index contributed by atoms with van der Waals surface area (Å²) in [4.78, 5) is 11.3. The second-order valence-corrected chi connectivity index (χ2v) is 4.69. The minimum absolute atomic E-state index is 0.0692. The number of nitrogens with one attached hydrogen (secondary N) is 1. The van der Waals surface area contributed by atoms with E-state index in [1.165, 1.54) is 0 Å². The van der Waals surface area contributed by atoms with E-state index in [4.69, 9.17) is 16.3 Å². The number of rotatable bonds is 6. The second kappa shape index (κ2) is 7.17. The molecule has 94 valence electrons. The van der Waals surface area contributed by atoms with Gasteiger partial charge in [-0.25, -0.2) is 0 Å². The van der Waals surface area contributed by atoms with Crippen LogP contribution >= 0.6 is 11.6 Å². The Morgan fingerprint density at radius 2 is 2.00 bits per heavy atom. The Kier molecular flexibility index (Phi) is 5.84. The van der Waals surface area contributed by atoms with Crippen LogP contribution in [0.4, 0.5) is 0 Å². The monoisotopic (exact) mass is 255 g/mol. The van der Waals surface area contributed by atoms with Crippen LogP contribution in [-0.4, -0.2) is 19.1 Å². The molecule has 4 heteroatoms. The van der Waals surface area contributed by atoms with Crippen molar-refractivity contribution in [2.24, 2.45) is 5.92 Å². The Labute approximate surface area is 107 Å². The Morgan fingerprint density at radius 1 is 1.35 bits per heavy atom. The summed E-state index contributed by atoms with van der Waals surface area (Å²) >= 11 is 5.75. The van der Waals surface area contributed by atoms with Crippen LogP contribution in [0.5, 0.6) is 5.75 Å². The van der Waals surface area contributed by atoms with Gasteiger partial charge < -0.3 is 10.1 Å². The molecule has 0 aliphatic heterocycles. The maximum atomic E-state index is 11.3. The van der Waals surface area contributed by atoms with Crippen LogP contribution in [0.1, 0.15) is 20.3 Å². The summed E-state index contributed by atoms with van der Waals surface area (Å²) in [6.45, 7) is 5.02. The van der Waals surface area contributed by atoms with Gasteiger partial charge in [0.25, 0.3) is 0 Å². The smallest absolute Gasteiger partial charge is 0.220 e. The molecule has 3 nitrogen and oxygen atoms in total. The van der Waals surface area contributed by atoms with Crippen LogP contribution in [-0.2, 0) is 4.79 Å². The first-order chi connectivity index (χ1) is 8.08. The molecule has 0 saturated heterocycles. The molecular formula is C13H18ClNO2. The van der Waals surface area contributed by atoms with Gasteiger partial charge in [-0.2, -0.15) is 0 Å². The number of hydrogen-bond acceptors (Lipinski definition) is 2. The van der Waals surface area contributed by atoms with E-state index in [0.29, 0.717) is 30.5 Å². The van der Waals surface area contributed by atoms with E-state index < -0.39 is 0 Å². The van der Waals surface area contributed by atoms with Crippen molar-refractivity contribution < 1.29 is 9.53 Å². The van der Waals surface area contributed by atoms with E-state index in [9.17, 15) is 4.79 Å². The summed E-state index contributed by atoms with van der Waals surface area (Å²) in [7, 11) is 0. The molecule has 1 rings (SSSR count). The highest BCUT2D eigenvalue weighted by Gasteiger charge is 2.03. The zero-order chi connectivity index (χ0) is 12.7. The number of halogens is 1. The number of hydrogen-bond donors (Lipinski definition) is 1. The molecule has 0 fully saturated rings. The zero-order valence-electron chi connectivity index (χ0n) is 10.2. The summed E-state index contributed by atoms with van der Waals surface area (Å²) in [6, 6.07) is 7.15. The second-order valence-electron chi connectivity index (χ2n) is 4.25. The summed E-state index contributed by atoms with van der Waals surface area (Å²) in [5.41, 5.74) is 0. The fourth-order valence-corrected chi connectivity index (χ4v) is 1.46. The fourth-order valence-electron chi connectivity index (χ4n) is 1.33. The molecule has 0 radical (unpaired) electrons. The number of amides is 1. The highest BCUT2D eigenvalue weighted by molar-refractivity contribution is 6.30. The van der Waals surface area contributed by atoms with Crippen molar-refractivity contribution in [3.63, 3.8) is 0 Å². The highest BCUT2D eigenvalue weighted by atomic mass is 35.5. The molecule has 17 heavy (non-hydrogen) atoms. The maximum absolute atomic E-state index is 11.3. The van der Waals surface area contributed by atoms with Crippen LogP contribution < -0.4 is 10.1 Å². The largest absolute Gasteiger partial charge is 0.492 e. The Morgan fingerprint density at radius 3 is 2.59 bits per heavy atom. The number of carbonyl (C=O) groups excluding carboxylic acids is 1. The van der Waals surface area contributed by atoms with Crippen LogP contribution in [0, 0.1) is 5.92 Å². The van der Waals surface area contributed by atoms with Gasteiger partial charge in [0.15, 0.2) is 0 Å². The summed E-state index contributed by atoms with van der Waals surface area (Å²) < 4.78 is 5.44. The van der Waals surface area contributed by atoms with Gasteiger partial charge in [0, 0.05) is 11.4 Å². The lowest BCUT2D eigenvalue weighted by atomic mass is 10.1. The molecule has 0 atom stereocenters. The van der Waals surface area contributed by atoms with Gasteiger partial charge in [0.1, 0.15) is 12.4 Å². The minimum atomic E-state index is 0.0692. The van der Waals surface area contributed by atoms with Crippen molar-refractivity contribution >= 4 is 17.5 Å². The van der Waals surface area contributed by atoms with E-state index in [-0.39, 0.29) is 5.91 Å². The minimum Gasteiger partial charge on any atom is -0.492 e. The van der Waals surface area contributed by atoms with Crippen molar-refractivity contribution in [2.45, 2.75) is 20.3 Å². The Balaban J connectivity index is 2.16. The molecule has 0 aliphatic carbocycles. The molecular weight excluding hydrogens is 238 g/mol. The molecule has 0 saturated carbocycles. The summed E-state index contributed by atoms with van der Waals surface area (Å²) in [6.07, 6.45) is 0.556. The van der Waals surface area contributed by atoms with Crippen molar-refractivity contribution in [3.8, 4) is 5.75 Å². The molecule has 1 N–H and O–H groups in total. The third-order valence-corrected chi connectivity index (χ3v) is 2.35. The highest BCUT2D eigenvalue weighted by Crippen LogP contribution is 2.15. The van der Waals surface area contributed by atoms with E-state index in [2.05, 4.69) is 5.32 Å². The molecule has 0 aliphatic rings. The van der Waals surface area contributed by atoms with Gasteiger partial charge in [-0.3, -0.25) is 4.79 Å². The fraction of sp³-hybridized carbons (Fsp3) is 0.462. The number of carbonyl (C=O) groups is 1. The van der Waals surface area contributed by atoms with E-state index in [1.54, 1.807) is 24.3 Å². The molecule has 0 unspecified atom stereocenters. The SMILES string of the molecule is CC(C)CC(=O)NCCOc1ccc(Cl)cc1. The zero-order valence-corrected chi connectivity index (χ0v) is 11.0. The van der Waals surface area contributed by atoms with Crippen LogP contribution in [0.2, 0.25) is 5.02 Å². The molecule has 0 aromatic heterocycles. The number of benzene rings is 1. The molecule has 1 amide bonds. The predicted octanol–water partition coefficient (Wildman–Crippen LogP) is 2.88. The van der Waals surface area contributed by atoms with E-state index in [1.807, 2.05) is 13.8 Å². The first-order valence-corrected chi connectivity index (χ1v) is 6.11. The van der Waals surface area contributed by atoms with Gasteiger partial charge in [0.2, 0.25) is 5.91 Å². The normalized spacial score (nSPS) is 10.4. The number of ether oxygens (including phenoxy) is 1. The van der Waals surface area contributed by atoms with Gasteiger partial charge in [0.05, 0.1) is 6.54 Å². The Hall–Kier alpha value is -1.22. The van der Waals surface area contributed by atoms with Crippen LogP contribution in [0.25, 0.3) is 0 Å². The molecule has 0 spiro atoms. The summed E-state index contributed by atoms with van der Waals surface area (Å²) in [5, 5.41) is 3.49. The van der Waals surface area contributed by atoms with Gasteiger partial charge in [-0.05, 0) is 30.2 Å². The lowest BCUT2D eigenvalue weighted by Gasteiger charge is -2.08. The van der Waals surface area contributed by atoms with E-state index in [0.717, 1.165) is 5.75 Å². The van der Waals surface area contributed by atoms with E-state index >= 15 is 0 Å². The van der Waals surface area contributed by atoms with Crippen molar-refractivity contribution in [1.29, 1.82) is 0 Å². The van der Waals surface area contributed by atoms with Gasteiger partial charge in [-0.15, -0.1) is 0 Å². The topological polar surface area (TPSA) is 38.3 Å². The van der Waals surface area contributed by atoms with Crippen molar-refractivity contribution in [1.82, 2.24) is 5.32 Å². The molecule has 1 aromatic carbocycles. The van der Waals surface area contributed by atoms with Crippen LogP contribution in [0.3, 0.4) is 0 Å². The van der Waals surface area contributed by atoms with Gasteiger partial charge in [-0.1, -0.05) is 25.4 Å². The average Bonchev–Trinajstić information content (AvgIpc) is 2.26. The molecule has 1 aromatic rings. The van der Waals surface area contributed by atoms with Crippen LogP contribution in [0.15, 0.2) is 24.3 Å². The molecule has 0 bridgehead atoms. The first-order valence-electron chi connectivity index (χ1n) is 5.73. The van der Waals surface area contributed by atoms with Crippen molar-refractivity contribution in [3.05, 3.63) is 29.3 Å². The Bertz CT molecular complexity index is 349. The molecule has 0 heterocycles. The first kappa shape index (κ1) is 13.8. The average molecular weight is 256 g/mol. The van der Waals surface area contributed by atoms with Gasteiger partial charge >= 0.3 is 0 Å². The predicted molar refractivity (Wildman–Crippen MR) is 69.4 cm³/mol. The maximum Gasteiger partial charge on any atom is 0.220 e. The third kappa shape index (κ3) is 6.17. The lowest BCUT2D eigenvalue weighted by molar-refractivity contribution is -0.121. The summed E-state index contributed by atoms with van der Waals surface area (Å²) in [5.74, 6) is 1.21. The standard InChI is InChI=1S/C13H18ClNO2/c1-10(2)9-13(16)15-7-8-17-12-5-3-11(14)4-6-12/h3-6,10H,7-9H2,1-2H3,(H,15,16). The van der Waals surface area contributed by atoms with Crippen molar-refractivity contribution in [2.75, 3.05) is 13.2 Å². The quantitative estimate of drug-likeness (QED) is 0.794.